The average Bonchev–Trinajstić information content (AvgIpc) is 3.10. The number of hydrogen-bond donors (Lipinski definition) is 2. The van der Waals surface area contributed by atoms with Crippen LogP contribution in [0.4, 0.5) is 0 Å². The number of nitrogens with one attached hydrogen (secondary N) is 2. The molecule has 2 heterocycles. The zero-order valence-electron chi connectivity index (χ0n) is 17.9. The van der Waals surface area contributed by atoms with Crippen LogP contribution in [0.25, 0.3) is 10.1 Å². The highest BCUT2D eigenvalue weighted by molar-refractivity contribution is 7.80. The standard InChI is InChI=1S/C21H24ClN3O5S2/c1-4-11(2)30-16(26)10-14-19(27)23-7-8-25(14)21(31)24-20(28)18-17(22)13-6-5-12(29-3)9-15(13)32-18/h5-6,9,11,14H,4,7-8,10H2,1-3H3,(H,23,27)(H,24,28,31). The van der Waals surface area contributed by atoms with Gasteiger partial charge in [0, 0.05) is 23.2 Å². The largest absolute Gasteiger partial charge is 0.497 e. The van der Waals surface area contributed by atoms with Crippen molar-refractivity contribution in [1.82, 2.24) is 15.5 Å². The van der Waals surface area contributed by atoms with Crippen LogP contribution in [0.3, 0.4) is 0 Å². The molecular weight excluding hydrogens is 474 g/mol. The number of ether oxygens (including phenoxy) is 2. The fraction of sp³-hybridized carbons (Fsp3) is 0.429. The fourth-order valence-electron chi connectivity index (χ4n) is 3.22. The molecule has 32 heavy (non-hydrogen) atoms. The lowest BCUT2D eigenvalue weighted by Gasteiger charge is -2.36. The molecule has 1 aliphatic rings. The van der Waals surface area contributed by atoms with Gasteiger partial charge in [0.1, 0.15) is 16.7 Å². The molecule has 1 fully saturated rings. The number of benzene rings is 1. The number of thiophene rings is 1. The minimum Gasteiger partial charge on any atom is -0.497 e. The molecule has 0 aliphatic carbocycles. The van der Waals surface area contributed by atoms with Crippen molar-refractivity contribution >= 4 is 68.1 Å². The average molecular weight is 498 g/mol. The maximum Gasteiger partial charge on any atom is 0.308 e. The van der Waals surface area contributed by atoms with Crippen molar-refractivity contribution in [2.24, 2.45) is 0 Å². The van der Waals surface area contributed by atoms with E-state index in [1.54, 1.807) is 32.2 Å². The van der Waals surface area contributed by atoms with Gasteiger partial charge in [-0.3, -0.25) is 19.7 Å². The first-order chi connectivity index (χ1) is 15.2. The zero-order chi connectivity index (χ0) is 23.4. The summed E-state index contributed by atoms with van der Waals surface area (Å²) < 4.78 is 11.3. The van der Waals surface area contributed by atoms with Crippen LogP contribution < -0.4 is 15.4 Å². The molecule has 0 spiro atoms. The second kappa shape index (κ2) is 10.5. The predicted octanol–water partition coefficient (Wildman–Crippen LogP) is 3.11. The van der Waals surface area contributed by atoms with Crippen LogP contribution in [0.1, 0.15) is 36.4 Å². The lowest BCUT2D eigenvalue weighted by Crippen LogP contribution is -2.60. The van der Waals surface area contributed by atoms with Crippen LogP contribution in [-0.4, -0.2) is 60.1 Å². The molecule has 2 amide bonds. The summed E-state index contributed by atoms with van der Waals surface area (Å²) in [6.45, 7) is 4.38. The number of carbonyl (C=O) groups is 3. The van der Waals surface area contributed by atoms with Gasteiger partial charge in [-0.05, 0) is 43.8 Å². The molecule has 1 aliphatic heterocycles. The number of halogens is 1. The molecule has 2 unspecified atom stereocenters. The Morgan fingerprint density at radius 2 is 2.19 bits per heavy atom. The number of amides is 2. The van der Waals surface area contributed by atoms with E-state index in [0.29, 0.717) is 35.2 Å². The highest BCUT2D eigenvalue weighted by Crippen LogP contribution is 2.37. The van der Waals surface area contributed by atoms with Crippen LogP contribution in [0.15, 0.2) is 18.2 Å². The Bertz CT molecular complexity index is 1060. The molecule has 2 N–H and O–H groups in total. The Hall–Kier alpha value is -2.43. The molecule has 0 saturated carbocycles. The summed E-state index contributed by atoms with van der Waals surface area (Å²) in [5, 5.41) is 6.48. The van der Waals surface area contributed by atoms with Crippen molar-refractivity contribution in [3.63, 3.8) is 0 Å². The summed E-state index contributed by atoms with van der Waals surface area (Å²) in [6, 6.07) is 4.49. The van der Waals surface area contributed by atoms with Crippen molar-refractivity contribution in [2.75, 3.05) is 20.2 Å². The molecule has 11 heteroatoms. The third-order valence-electron chi connectivity index (χ3n) is 5.12. The Labute approximate surface area is 200 Å². The van der Waals surface area contributed by atoms with E-state index >= 15 is 0 Å². The number of methoxy groups -OCH3 is 1. The molecule has 2 atom stereocenters. The van der Waals surface area contributed by atoms with Crippen LogP contribution in [-0.2, 0) is 14.3 Å². The third-order valence-corrected chi connectivity index (χ3v) is 7.12. The second-order valence-corrected chi connectivity index (χ2v) is 9.10. The van der Waals surface area contributed by atoms with Gasteiger partial charge in [-0.25, -0.2) is 0 Å². The Balaban J connectivity index is 1.74. The van der Waals surface area contributed by atoms with Crippen molar-refractivity contribution in [1.29, 1.82) is 0 Å². The molecule has 0 radical (unpaired) electrons. The van der Waals surface area contributed by atoms with E-state index in [9.17, 15) is 14.4 Å². The smallest absolute Gasteiger partial charge is 0.308 e. The van der Waals surface area contributed by atoms with E-state index in [2.05, 4.69) is 10.6 Å². The van der Waals surface area contributed by atoms with Gasteiger partial charge in [-0.15, -0.1) is 11.3 Å². The van der Waals surface area contributed by atoms with Gasteiger partial charge in [-0.2, -0.15) is 0 Å². The Kier molecular flexibility index (Phi) is 7.91. The summed E-state index contributed by atoms with van der Waals surface area (Å²) in [7, 11) is 1.56. The number of piperazine rings is 1. The number of esters is 1. The highest BCUT2D eigenvalue weighted by Gasteiger charge is 2.35. The Morgan fingerprint density at radius 3 is 2.88 bits per heavy atom. The monoisotopic (exact) mass is 497 g/mol. The number of fused-ring (bicyclic) bond motifs is 1. The van der Waals surface area contributed by atoms with E-state index in [0.717, 1.165) is 10.1 Å². The van der Waals surface area contributed by atoms with E-state index in [-0.39, 0.29) is 23.5 Å². The minimum absolute atomic E-state index is 0.0530. The van der Waals surface area contributed by atoms with E-state index in [1.807, 2.05) is 6.92 Å². The van der Waals surface area contributed by atoms with Gasteiger partial charge in [0.25, 0.3) is 5.91 Å². The van der Waals surface area contributed by atoms with Crippen molar-refractivity contribution in [3.05, 3.63) is 28.1 Å². The van der Waals surface area contributed by atoms with E-state index in [4.69, 9.17) is 33.3 Å². The third kappa shape index (κ3) is 5.31. The quantitative estimate of drug-likeness (QED) is 0.467. The van der Waals surface area contributed by atoms with Crippen molar-refractivity contribution in [3.8, 4) is 5.75 Å². The predicted molar refractivity (Wildman–Crippen MR) is 127 cm³/mol. The van der Waals surface area contributed by atoms with Gasteiger partial charge in [0.05, 0.1) is 24.7 Å². The van der Waals surface area contributed by atoms with Gasteiger partial charge in [0.15, 0.2) is 5.11 Å². The lowest BCUT2D eigenvalue weighted by molar-refractivity contribution is -0.151. The van der Waals surface area contributed by atoms with Gasteiger partial charge in [0.2, 0.25) is 5.91 Å². The number of thiocarbonyl (C=S) groups is 1. The van der Waals surface area contributed by atoms with Crippen molar-refractivity contribution in [2.45, 2.75) is 38.8 Å². The number of carbonyl (C=O) groups excluding carboxylic acids is 3. The SMILES string of the molecule is CCC(C)OC(=O)CC1C(=O)NCCN1C(=S)NC(=O)c1sc2cc(OC)ccc2c1Cl. The topological polar surface area (TPSA) is 97.0 Å². The van der Waals surface area contributed by atoms with E-state index < -0.39 is 17.9 Å². The van der Waals surface area contributed by atoms with Gasteiger partial charge >= 0.3 is 5.97 Å². The first-order valence-corrected chi connectivity index (χ1v) is 11.7. The second-order valence-electron chi connectivity index (χ2n) is 7.28. The summed E-state index contributed by atoms with van der Waals surface area (Å²) >= 11 is 13.1. The summed E-state index contributed by atoms with van der Waals surface area (Å²) in [5.41, 5.74) is 0. The summed E-state index contributed by atoms with van der Waals surface area (Å²) in [5.74, 6) is -0.667. The molecule has 2 aromatic rings. The minimum atomic E-state index is -0.866. The molecule has 3 rings (SSSR count). The van der Waals surface area contributed by atoms with E-state index in [1.165, 1.54) is 16.2 Å². The maximum absolute atomic E-state index is 12.9. The Morgan fingerprint density at radius 1 is 1.44 bits per heavy atom. The van der Waals surface area contributed by atoms with Crippen LogP contribution in [0.5, 0.6) is 5.75 Å². The maximum atomic E-state index is 12.9. The van der Waals surface area contributed by atoms with Crippen LogP contribution in [0.2, 0.25) is 5.02 Å². The van der Waals surface area contributed by atoms with Crippen LogP contribution >= 0.6 is 35.2 Å². The molecular formula is C21H24ClN3O5S2. The van der Waals surface area contributed by atoms with Crippen LogP contribution in [0, 0.1) is 0 Å². The molecule has 172 valence electrons. The first-order valence-electron chi connectivity index (χ1n) is 10.1. The van der Waals surface area contributed by atoms with Gasteiger partial charge < -0.3 is 19.7 Å². The first kappa shape index (κ1) is 24.2. The normalized spacial score (nSPS) is 16.9. The van der Waals surface area contributed by atoms with Crippen molar-refractivity contribution < 1.29 is 23.9 Å². The lowest BCUT2D eigenvalue weighted by atomic mass is 10.1. The molecule has 0 bridgehead atoms. The molecule has 1 aromatic carbocycles. The molecule has 1 aromatic heterocycles. The highest BCUT2D eigenvalue weighted by atomic mass is 35.5. The zero-order valence-corrected chi connectivity index (χ0v) is 20.3. The number of rotatable bonds is 6. The fourth-order valence-corrected chi connectivity index (χ4v) is 4.97. The van der Waals surface area contributed by atoms with Gasteiger partial charge in [-0.1, -0.05) is 18.5 Å². The summed E-state index contributed by atoms with van der Waals surface area (Å²) in [4.78, 5) is 39.4. The number of hydrogen-bond acceptors (Lipinski definition) is 7. The molecule has 1 saturated heterocycles. The summed E-state index contributed by atoms with van der Waals surface area (Å²) in [6.07, 6.45) is 0.251. The molecule has 8 nitrogen and oxygen atoms in total. The number of nitrogens with zero attached hydrogens (tertiary/aromatic N) is 1.